The summed E-state index contributed by atoms with van der Waals surface area (Å²) in [5.41, 5.74) is 0. The Morgan fingerprint density at radius 3 is 1.71 bits per heavy atom. The molecule has 0 aliphatic heterocycles. The monoisotopic (exact) mass is 138 g/mol. The van der Waals surface area contributed by atoms with Crippen molar-refractivity contribution in [2.75, 3.05) is 0 Å². The Morgan fingerprint density at radius 2 is 1.71 bits per heavy atom. The first kappa shape index (κ1) is 10.4. The molecular weight excluding hydrogens is 124 g/mol. The summed E-state index contributed by atoms with van der Waals surface area (Å²) in [6, 6.07) is 0. The predicted molar refractivity (Wildman–Crippen MR) is 37.5 cm³/mol. The van der Waals surface area contributed by atoms with E-state index >= 15 is 0 Å². The average molecular weight is 138 g/mol. The van der Waals surface area contributed by atoms with Crippen molar-refractivity contribution < 1.29 is 8.91 Å². The van der Waals surface area contributed by atoms with E-state index < -0.39 is 8.56 Å². The summed E-state index contributed by atoms with van der Waals surface area (Å²) in [6.07, 6.45) is 0. The third-order valence-electron chi connectivity index (χ3n) is 0.500. The van der Waals surface area contributed by atoms with Crippen molar-refractivity contribution in [3.63, 3.8) is 0 Å². The molecular formula is C3H14O2Si2. The largest absolute Gasteiger partial charge is 0.445 e. The van der Waals surface area contributed by atoms with Crippen LogP contribution >= 0.6 is 0 Å². The van der Waals surface area contributed by atoms with E-state index in [9.17, 15) is 0 Å². The highest BCUT2D eigenvalue weighted by Gasteiger charge is 2.13. The topological polar surface area (TPSA) is 29.5 Å². The Hall–Kier alpha value is 0.354. The molecule has 0 amide bonds. The molecule has 0 aliphatic carbocycles. The summed E-state index contributed by atoms with van der Waals surface area (Å²) in [4.78, 5) is 8.78. The van der Waals surface area contributed by atoms with Gasteiger partial charge in [0.1, 0.15) is 10.5 Å². The fourth-order valence-corrected chi connectivity index (χ4v) is 0. The maximum absolute atomic E-state index is 8.78. The fraction of sp³-hybridized carbons (Fsp3) is 1.00. The lowest BCUT2D eigenvalue weighted by molar-refractivity contribution is 0.412. The third-order valence-corrected chi connectivity index (χ3v) is 4.50. The molecule has 0 heterocycles. The molecule has 0 spiro atoms. The summed E-state index contributed by atoms with van der Waals surface area (Å²) < 4.78 is 4.77. The molecule has 0 aromatic rings. The van der Waals surface area contributed by atoms with E-state index in [2.05, 4.69) is 0 Å². The Labute approximate surface area is 49.3 Å². The second kappa shape index (κ2) is 3.37. The van der Waals surface area contributed by atoms with Crippen LogP contribution < -0.4 is 0 Å². The molecule has 2 nitrogen and oxygen atoms in total. The summed E-state index contributed by atoms with van der Waals surface area (Å²) in [5.74, 6) is 0. The second-order valence-electron chi connectivity index (χ2n) is 1.65. The number of rotatable bonds is 1. The molecule has 1 N–H and O–H groups in total. The maximum atomic E-state index is 8.78. The van der Waals surface area contributed by atoms with E-state index in [1.807, 2.05) is 0 Å². The minimum atomic E-state index is -2.07. The van der Waals surface area contributed by atoms with E-state index in [1.165, 1.54) is 0 Å². The first-order valence-corrected chi connectivity index (χ1v) is 5.51. The van der Waals surface area contributed by atoms with E-state index in [0.717, 1.165) is 0 Å². The van der Waals surface area contributed by atoms with Crippen LogP contribution in [0.4, 0.5) is 0 Å². The zero-order valence-electron chi connectivity index (χ0n) is 4.36. The Kier molecular flexibility index (Phi) is 4.98. The molecule has 0 radical (unpaired) electrons. The van der Waals surface area contributed by atoms with Crippen LogP contribution in [-0.4, -0.2) is 23.8 Å². The molecule has 0 saturated heterocycles. The van der Waals surface area contributed by atoms with E-state index in [-0.39, 0.29) is 7.43 Å². The highest BCUT2D eigenvalue weighted by Crippen LogP contribution is 1.91. The van der Waals surface area contributed by atoms with Crippen LogP contribution in [-0.2, 0) is 4.12 Å². The second-order valence-corrected chi connectivity index (χ2v) is 6.18. The van der Waals surface area contributed by atoms with E-state index in [0.29, 0.717) is 10.5 Å². The standard InChI is InChI=1S/C2H10O2Si2.CH4/c1-6(2,3)4-5;/h3H,1-2,5H3;1H4. The van der Waals surface area contributed by atoms with Crippen molar-refractivity contribution in [2.45, 2.75) is 20.5 Å². The van der Waals surface area contributed by atoms with E-state index in [1.54, 1.807) is 13.1 Å². The molecule has 0 unspecified atom stereocenters. The molecule has 0 aliphatic rings. The highest BCUT2D eigenvalue weighted by atomic mass is 28.4. The number of hydrogen-bond donors (Lipinski definition) is 1. The van der Waals surface area contributed by atoms with Crippen LogP contribution in [0.2, 0.25) is 13.1 Å². The third kappa shape index (κ3) is 10.7. The molecule has 0 bridgehead atoms. The molecule has 0 atom stereocenters. The van der Waals surface area contributed by atoms with Crippen LogP contribution in [0.25, 0.3) is 0 Å². The lowest BCUT2D eigenvalue weighted by Crippen LogP contribution is -2.28. The van der Waals surface area contributed by atoms with Gasteiger partial charge in [-0.15, -0.1) is 0 Å². The quantitative estimate of drug-likeness (QED) is 0.500. The minimum Gasteiger partial charge on any atom is -0.445 e. The molecule has 46 valence electrons. The Balaban J connectivity index is 0. The zero-order valence-corrected chi connectivity index (χ0v) is 7.36. The highest BCUT2D eigenvalue weighted by molar-refractivity contribution is 6.66. The molecule has 0 fully saturated rings. The van der Waals surface area contributed by atoms with Crippen LogP contribution in [0.15, 0.2) is 0 Å². The van der Waals surface area contributed by atoms with Crippen molar-refractivity contribution in [3.05, 3.63) is 0 Å². The lowest BCUT2D eigenvalue weighted by Gasteiger charge is -2.09. The summed E-state index contributed by atoms with van der Waals surface area (Å²) >= 11 is 0. The van der Waals surface area contributed by atoms with Gasteiger partial charge in [-0.05, 0) is 13.1 Å². The van der Waals surface area contributed by atoms with Gasteiger partial charge >= 0.3 is 8.56 Å². The predicted octanol–water partition coefficient (Wildman–Crippen LogP) is -0.386. The average Bonchev–Trinajstić information content (AvgIpc) is 1.35. The van der Waals surface area contributed by atoms with Crippen LogP contribution in [0.5, 0.6) is 0 Å². The van der Waals surface area contributed by atoms with Gasteiger partial charge in [0, 0.05) is 0 Å². The lowest BCUT2D eigenvalue weighted by atomic mass is 11.9. The Bertz CT molecular complexity index is 40.7. The van der Waals surface area contributed by atoms with Gasteiger partial charge in [-0.3, -0.25) is 0 Å². The van der Waals surface area contributed by atoms with Crippen LogP contribution in [0.3, 0.4) is 0 Å². The van der Waals surface area contributed by atoms with Crippen molar-refractivity contribution in [2.24, 2.45) is 0 Å². The van der Waals surface area contributed by atoms with E-state index in [4.69, 9.17) is 8.91 Å². The van der Waals surface area contributed by atoms with Gasteiger partial charge < -0.3 is 8.91 Å². The first-order valence-electron chi connectivity index (χ1n) is 1.84. The van der Waals surface area contributed by atoms with Crippen LogP contribution in [0, 0.1) is 0 Å². The Morgan fingerprint density at radius 1 is 1.57 bits per heavy atom. The first-order chi connectivity index (χ1) is 2.56. The van der Waals surface area contributed by atoms with Crippen molar-refractivity contribution >= 4 is 19.0 Å². The van der Waals surface area contributed by atoms with Gasteiger partial charge in [0.25, 0.3) is 0 Å². The molecule has 4 heteroatoms. The normalized spacial score (nSPS) is 10.7. The maximum Gasteiger partial charge on any atom is 0.318 e. The fourth-order valence-electron chi connectivity index (χ4n) is 0. The summed E-state index contributed by atoms with van der Waals surface area (Å²) in [6.45, 7) is 3.50. The molecule has 0 aromatic carbocycles. The van der Waals surface area contributed by atoms with Gasteiger partial charge in [0.15, 0.2) is 0 Å². The van der Waals surface area contributed by atoms with Crippen molar-refractivity contribution in [1.29, 1.82) is 0 Å². The van der Waals surface area contributed by atoms with Gasteiger partial charge in [0.2, 0.25) is 0 Å². The van der Waals surface area contributed by atoms with Gasteiger partial charge in [-0.2, -0.15) is 0 Å². The SMILES string of the molecule is C.C[Si](C)(O)O[SiH3]. The summed E-state index contributed by atoms with van der Waals surface area (Å²) in [5, 5.41) is 0. The molecule has 0 aromatic heterocycles. The van der Waals surface area contributed by atoms with Gasteiger partial charge in [0.05, 0.1) is 0 Å². The summed E-state index contributed by atoms with van der Waals surface area (Å²) in [7, 11) is -1.41. The van der Waals surface area contributed by atoms with Gasteiger partial charge in [-0.25, -0.2) is 0 Å². The molecule has 0 rings (SSSR count). The minimum absolute atomic E-state index is 0. The van der Waals surface area contributed by atoms with Gasteiger partial charge in [-0.1, -0.05) is 7.43 Å². The number of hydrogen-bond acceptors (Lipinski definition) is 2. The van der Waals surface area contributed by atoms with Crippen molar-refractivity contribution in [3.8, 4) is 0 Å². The molecule has 0 saturated carbocycles. The van der Waals surface area contributed by atoms with Crippen LogP contribution in [0.1, 0.15) is 7.43 Å². The molecule has 7 heavy (non-hydrogen) atoms. The zero-order chi connectivity index (χ0) is 5.21. The van der Waals surface area contributed by atoms with Crippen molar-refractivity contribution in [1.82, 2.24) is 0 Å². The smallest absolute Gasteiger partial charge is 0.318 e.